The molecule has 2 rings (SSSR count). The van der Waals surface area contributed by atoms with Crippen LogP contribution >= 0.6 is 0 Å². The summed E-state index contributed by atoms with van der Waals surface area (Å²) in [5.74, 6) is 6.14. The minimum atomic E-state index is -0.480. The maximum atomic E-state index is 12.1. The van der Waals surface area contributed by atoms with Crippen LogP contribution in [-0.4, -0.2) is 48.9 Å². The molecule has 0 spiro atoms. The monoisotopic (exact) mass is 429 g/mol. The Bertz CT molecular complexity index is 792. The summed E-state index contributed by atoms with van der Waals surface area (Å²) in [5, 5.41) is 2.75. The van der Waals surface area contributed by atoms with Crippen LogP contribution in [0.2, 0.25) is 0 Å². The number of hydrogen-bond donors (Lipinski definition) is 1. The summed E-state index contributed by atoms with van der Waals surface area (Å²) in [6, 6.07) is 2.03. The summed E-state index contributed by atoms with van der Waals surface area (Å²) in [7, 11) is 0. The smallest absolute Gasteiger partial charge is 0.407 e. The first-order chi connectivity index (χ1) is 14.8. The number of amides is 1. The number of pyridine rings is 1. The van der Waals surface area contributed by atoms with Crippen molar-refractivity contribution in [1.82, 2.24) is 10.3 Å². The molecule has 170 valence electrons. The first-order valence-corrected chi connectivity index (χ1v) is 11.1. The Morgan fingerprint density at radius 3 is 2.84 bits per heavy atom. The number of rotatable bonds is 7. The molecule has 1 amide bonds. The van der Waals surface area contributed by atoms with Crippen LogP contribution in [0.15, 0.2) is 18.5 Å². The van der Waals surface area contributed by atoms with E-state index in [1.165, 1.54) is 0 Å². The summed E-state index contributed by atoms with van der Waals surface area (Å²) in [6.07, 6.45) is 7.49. The van der Waals surface area contributed by atoms with E-state index in [2.05, 4.69) is 27.0 Å². The highest BCUT2D eigenvalue weighted by atomic mass is 16.6. The number of ether oxygens (including phenoxy) is 2. The average Bonchev–Trinajstić information content (AvgIpc) is 2.72. The van der Waals surface area contributed by atoms with Gasteiger partial charge in [0.15, 0.2) is 0 Å². The van der Waals surface area contributed by atoms with Gasteiger partial charge in [-0.3, -0.25) is 9.78 Å². The Morgan fingerprint density at radius 1 is 1.29 bits per heavy atom. The van der Waals surface area contributed by atoms with E-state index < -0.39 is 5.60 Å². The van der Waals surface area contributed by atoms with Crippen molar-refractivity contribution in [1.29, 1.82) is 0 Å². The normalized spacial score (nSPS) is 16.1. The molecule has 1 fully saturated rings. The summed E-state index contributed by atoms with van der Waals surface area (Å²) in [6.45, 7) is 9.91. The van der Waals surface area contributed by atoms with Crippen molar-refractivity contribution in [2.24, 2.45) is 5.92 Å². The lowest BCUT2D eigenvalue weighted by molar-refractivity contribution is -0.148. The molecular formula is C24H35N3O4. The number of piperidine rings is 1. The van der Waals surface area contributed by atoms with Gasteiger partial charge in [0.05, 0.1) is 24.4 Å². The van der Waals surface area contributed by atoms with Gasteiger partial charge in [-0.2, -0.15) is 0 Å². The van der Waals surface area contributed by atoms with E-state index in [-0.39, 0.29) is 18.0 Å². The number of aromatic nitrogens is 1. The lowest BCUT2D eigenvalue weighted by Crippen LogP contribution is -2.39. The quantitative estimate of drug-likeness (QED) is 0.402. The third-order valence-electron chi connectivity index (χ3n) is 4.76. The number of alkyl carbamates (subject to hydrolysis) is 1. The summed E-state index contributed by atoms with van der Waals surface area (Å²) in [4.78, 5) is 30.2. The maximum absolute atomic E-state index is 12.1. The lowest BCUT2D eigenvalue weighted by Gasteiger charge is -2.33. The second kappa shape index (κ2) is 12.2. The second-order valence-corrected chi connectivity index (χ2v) is 8.66. The van der Waals surface area contributed by atoms with E-state index in [0.717, 1.165) is 49.9 Å². The van der Waals surface area contributed by atoms with E-state index in [9.17, 15) is 9.59 Å². The first-order valence-electron chi connectivity index (χ1n) is 11.1. The molecule has 0 bridgehead atoms. The molecule has 0 unspecified atom stereocenters. The highest BCUT2D eigenvalue weighted by Gasteiger charge is 2.27. The third-order valence-corrected chi connectivity index (χ3v) is 4.76. The highest BCUT2D eigenvalue weighted by molar-refractivity contribution is 5.73. The summed E-state index contributed by atoms with van der Waals surface area (Å²) < 4.78 is 10.4. The fourth-order valence-electron chi connectivity index (χ4n) is 3.34. The van der Waals surface area contributed by atoms with Gasteiger partial charge in [0.25, 0.3) is 0 Å². The number of nitrogens with one attached hydrogen (secondary N) is 1. The van der Waals surface area contributed by atoms with Gasteiger partial charge >= 0.3 is 12.1 Å². The van der Waals surface area contributed by atoms with Gasteiger partial charge in [0, 0.05) is 37.8 Å². The van der Waals surface area contributed by atoms with E-state index in [0.29, 0.717) is 19.7 Å². The Hall–Kier alpha value is -2.75. The van der Waals surface area contributed by atoms with Gasteiger partial charge in [-0.25, -0.2) is 4.79 Å². The van der Waals surface area contributed by atoms with Gasteiger partial charge in [0.1, 0.15) is 5.60 Å². The maximum Gasteiger partial charge on any atom is 0.407 e. The molecule has 1 aromatic heterocycles. The van der Waals surface area contributed by atoms with Crippen LogP contribution in [0.3, 0.4) is 0 Å². The van der Waals surface area contributed by atoms with Crippen molar-refractivity contribution in [2.75, 3.05) is 31.1 Å². The van der Waals surface area contributed by atoms with E-state index in [1.54, 1.807) is 6.20 Å². The molecule has 0 aliphatic carbocycles. The van der Waals surface area contributed by atoms with Gasteiger partial charge in [-0.05, 0) is 59.4 Å². The van der Waals surface area contributed by atoms with Gasteiger partial charge in [0.2, 0.25) is 0 Å². The molecule has 1 aliphatic rings. The zero-order chi connectivity index (χ0) is 22.7. The minimum absolute atomic E-state index is 0.0854. The topological polar surface area (TPSA) is 80.8 Å². The Morgan fingerprint density at radius 2 is 2.10 bits per heavy atom. The van der Waals surface area contributed by atoms with E-state index in [4.69, 9.17) is 9.47 Å². The van der Waals surface area contributed by atoms with Gasteiger partial charge in [-0.1, -0.05) is 11.8 Å². The fraction of sp³-hybridized carbons (Fsp3) is 0.625. The van der Waals surface area contributed by atoms with Crippen molar-refractivity contribution in [2.45, 2.75) is 65.4 Å². The number of anilines is 1. The largest absolute Gasteiger partial charge is 0.466 e. The van der Waals surface area contributed by atoms with Crippen LogP contribution in [0, 0.1) is 17.8 Å². The number of esters is 1. The molecule has 2 heterocycles. The standard InChI is InChI=1S/C24H35N3O4/c1-5-30-22(28)20-12-10-14-27(18-20)21-15-19(16-25-17-21)11-8-6-7-9-13-26-23(29)31-24(2,3)4/h15-17,20H,5-7,9-10,12-14,18H2,1-4H3,(H,26,29)/t20-/m0/s1. The lowest BCUT2D eigenvalue weighted by atomic mass is 9.98. The fourth-order valence-corrected chi connectivity index (χ4v) is 3.34. The molecule has 1 aliphatic heterocycles. The number of hydrogen-bond acceptors (Lipinski definition) is 6. The predicted molar refractivity (Wildman–Crippen MR) is 121 cm³/mol. The van der Waals surface area contributed by atoms with Crippen LogP contribution in [0.5, 0.6) is 0 Å². The van der Waals surface area contributed by atoms with E-state index in [1.807, 2.05) is 40.0 Å². The minimum Gasteiger partial charge on any atom is -0.466 e. The molecular weight excluding hydrogens is 394 g/mol. The van der Waals surface area contributed by atoms with Crippen molar-refractivity contribution in [3.05, 3.63) is 24.0 Å². The Balaban J connectivity index is 1.77. The highest BCUT2D eigenvalue weighted by Crippen LogP contribution is 2.24. The molecule has 0 aromatic carbocycles. The SMILES string of the molecule is CCOC(=O)[C@H]1CCCN(c2cncc(C#CCCCCNC(=O)OC(C)(C)C)c2)C1. The zero-order valence-electron chi connectivity index (χ0n) is 19.2. The summed E-state index contributed by atoms with van der Waals surface area (Å²) >= 11 is 0. The van der Waals surface area contributed by atoms with Crippen LogP contribution in [-0.2, 0) is 14.3 Å². The van der Waals surface area contributed by atoms with Crippen molar-refractivity contribution < 1.29 is 19.1 Å². The number of nitrogens with zero attached hydrogens (tertiary/aromatic N) is 2. The number of unbranched alkanes of at least 4 members (excludes halogenated alkanes) is 2. The molecule has 1 N–H and O–H groups in total. The van der Waals surface area contributed by atoms with Crippen LogP contribution in [0.4, 0.5) is 10.5 Å². The molecule has 7 heteroatoms. The third kappa shape index (κ3) is 9.29. The van der Waals surface area contributed by atoms with Gasteiger partial charge in [-0.15, -0.1) is 0 Å². The number of carbonyl (C=O) groups is 2. The van der Waals surface area contributed by atoms with Crippen molar-refractivity contribution >= 4 is 17.7 Å². The Kier molecular flexibility index (Phi) is 9.64. The molecule has 0 saturated carbocycles. The summed E-state index contributed by atoms with van der Waals surface area (Å²) in [5.41, 5.74) is 1.37. The molecule has 1 saturated heterocycles. The molecule has 1 aromatic rings. The van der Waals surface area contributed by atoms with Crippen molar-refractivity contribution in [3.8, 4) is 11.8 Å². The average molecular weight is 430 g/mol. The van der Waals surface area contributed by atoms with Crippen LogP contribution < -0.4 is 10.2 Å². The molecule has 0 radical (unpaired) electrons. The van der Waals surface area contributed by atoms with Crippen molar-refractivity contribution in [3.63, 3.8) is 0 Å². The second-order valence-electron chi connectivity index (χ2n) is 8.66. The Labute approximate surface area is 185 Å². The molecule has 7 nitrogen and oxygen atoms in total. The van der Waals surface area contributed by atoms with Crippen LogP contribution in [0.25, 0.3) is 0 Å². The van der Waals surface area contributed by atoms with E-state index >= 15 is 0 Å². The van der Waals surface area contributed by atoms with Gasteiger partial charge < -0.3 is 19.7 Å². The molecule has 1 atom stereocenters. The molecule has 31 heavy (non-hydrogen) atoms. The number of carbonyl (C=O) groups excluding carboxylic acids is 2. The zero-order valence-corrected chi connectivity index (χ0v) is 19.2. The predicted octanol–water partition coefficient (Wildman–Crippen LogP) is 3.91. The van der Waals surface area contributed by atoms with Crippen LogP contribution in [0.1, 0.15) is 65.4 Å². The first kappa shape index (κ1) is 24.5.